The smallest absolute Gasteiger partial charge is 0.159 e. The molecule has 0 aromatic heterocycles. The van der Waals surface area contributed by atoms with Crippen LogP contribution in [-0.4, -0.2) is 35.2 Å². The molecule has 0 heterocycles. The molecule has 0 aliphatic carbocycles. The molecule has 6 rings (SSSR count). The Kier molecular flexibility index (Phi) is 7.53. The summed E-state index contributed by atoms with van der Waals surface area (Å²) >= 11 is -1.84. The van der Waals surface area contributed by atoms with Crippen molar-refractivity contribution < 1.29 is 35.2 Å². The number of aromatic hydroxyl groups is 6. The standard InChI is InChI=1S/C36H26O7S/c37-25-9-1-21(2-10-25)31-17-29(18-32(35(31)41)22-3-11-26(38)12-4-22)44(43)30-19-33(23-5-13-27(39)14-6-23)36(42)34(20-30)24-7-15-28(40)16-8-24/h1-20,37-42H. The highest BCUT2D eigenvalue weighted by Crippen LogP contribution is 2.45. The molecule has 8 heteroatoms. The predicted molar refractivity (Wildman–Crippen MR) is 169 cm³/mol. The van der Waals surface area contributed by atoms with Gasteiger partial charge in [-0.05, 0) is 70.8 Å². The maximum atomic E-state index is 14.4. The van der Waals surface area contributed by atoms with E-state index in [1.807, 2.05) is 0 Å². The molecule has 6 N–H and O–H groups in total. The van der Waals surface area contributed by atoms with Gasteiger partial charge in [0.05, 0.1) is 0 Å². The van der Waals surface area contributed by atoms with Crippen LogP contribution in [0.4, 0.5) is 0 Å². The number of rotatable bonds is 6. The van der Waals surface area contributed by atoms with Gasteiger partial charge in [-0.25, -0.2) is 0 Å². The zero-order valence-corrected chi connectivity index (χ0v) is 23.9. The summed E-state index contributed by atoms with van der Waals surface area (Å²) in [5, 5.41) is 62.1. The molecule has 0 bridgehead atoms. The van der Waals surface area contributed by atoms with Crippen LogP contribution in [0, 0.1) is 0 Å². The quantitative estimate of drug-likeness (QED) is 0.107. The van der Waals surface area contributed by atoms with E-state index in [2.05, 4.69) is 0 Å². The van der Waals surface area contributed by atoms with E-state index in [1.54, 1.807) is 72.8 Å². The molecule has 0 fully saturated rings. The lowest BCUT2D eigenvalue weighted by Gasteiger charge is -2.18. The molecule has 6 aromatic carbocycles. The van der Waals surface area contributed by atoms with E-state index in [1.165, 1.54) is 48.5 Å². The Labute approximate surface area is 256 Å². The molecular formula is C36H26O7S. The predicted octanol–water partition coefficient (Wildman–Crippen LogP) is 7.75. The van der Waals surface area contributed by atoms with Crippen molar-refractivity contribution in [3.63, 3.8) is 0 Å². The first-order valence-electron chi connectivity index (χ1n) is 13.5. The van der Waals surface area contributed by atoms with Gasteiger partial charge in [-0.2, -0.15) is 0 Å². The molecular weight excluding hydrogens is 576 g/mol. The molecule has 0 aliphatic heterocycles. The van der Waals surface area contributed by atoms with Crippen LogP contribution in [0.2, 0.25) is 0 Å². The van der Waals surface area contributed by atoms with Crippen molar-refractivity contribution in [1.29, 1.82) is 0 Å². The number of hydrogen-bond acceptors (Lipinski definition) is 7. The third-order valence-electron chi connectivity index (χ3n) is 7.31. The van der Waals surface area contributed by atoms with Gasteiger partial charge >= 0.3 is 0 Å². The van der Waals surface area contributed by atoms with Crippen LogP contribution < -0.4 is 0 Å². The number of phenolic OH excluding ortho intramolecular Hbond substituents is 6. The van der Waals surface area contributed by atoms with E-state index in [9.17, 15) is 35.2 Å². The van der Waals surface area contributed by atoms with Gasteiger partial charge < -0.3 is 35.2 Å². The summed E-state index contributed by atoms with van der Waals surface area (Å²) in [4.78, 5) is 0.709. The minimum absolute atomic E-state index is 0.0549. The van der Waals surface area contributed by atoms with Gasteiger partial charge in [-0.15, -0.1) is 0 Å². The maximum absolute atomic E-state index is 14.4. The number of phenols is 6. The first kappa shape index (κ1) is 28.5. The van der Waals surface area contributed by atoms with Gasteiger partial charge in [0.15, 0.2) is 9.79 Å². The third kappa shape index (κ3) is 5.59. The second-order valence-electron chi connectivity index (χ2n) is 10.2. The molecule has 0 radical (unpaired) electrons. The van der Waals surface area contributed by atoms with E-state index in [4.69, 9.17) is 0 Å². The summed E-state index contributed by atoms with van der Waals surface area (Å²) in [7, 11) is 0. The Hall–Kier alpha value is -5.57. The van der Waals surface area contributed by atoms with Crippen LogP contribution in [0.25, 0.3) is 44.5 Å². The molecule has 6 aromatic rings. The van der Waals surface area contributed by atoms with Crippen LogP contribution in [0.15, 0.2) is 131 Å². The maximum Gasteiger partial charge on any atom is 0.159 e. The van der Waals surface area contributed by atoms with Gasteiger partial charge in [0.2, 0.25) is 0 Å². The lowest BCUT2D eigenvalue weighted by atomic mass is 9.97. The molecule has 218 valence electrons. The lowest BCUT2D eigenvalue weighted by molar-refractivity contribution is 0.474. The summed E-state index contributed by atoms with van der Waals surface area (Å²) in [5.41, 5.74) is 3.87. The largest absolute Gasteiger partial charge is 0.606 e. The molecule has 0 amide bonds. The normalized spacial score (nSPS) is 11.1. The summed E-state index contributed by atoms with van der Waals surface area (Å²) < 4.78 is 14.4. The van der Waals surface area contributed by atoms with E-state index < -0.39 is 11.2 Å². The molecule has 7 nitrogen and oxygen atoms in total. The van der Waals surface area contributed by atoms with Gasteiger partial charge in [0.1, 0.15) is 34.5 Å². The molecule has 0 aliphatic rings. The lowest BCUT2D eigenvalue weighted by Crippen LogP contribution is -2.04. The Balaban J connectivity index is 1.56. The first-order chi connectivity index (χ1) is 21.2. The minimum Gasteiger partial charge on any atom is -0.606 e. The second-order valence-corrected chi connectivity index (χ2v) is 11.7. The fourth-order valence-corrected chi connectivity index (χ4v) is 6.18. The molecule has 0 saturated heterocycles. The van der Waals surface area contributed by atoms with Crippen molar-refractivity contribution in [2.75, 3.05) is 0 Å². The van der Waals surface area contributed by atoms with Gasteiger partial charge in [0, 0.05) is 57.7 Å². The summed E-state index contributed by atoms with van der Waals surface area (Å²) in [6.07, 6.45) is 0. The monoisotopic (exact) mass is 602 g/mol. The fourth-order valence-electron chi connectivity index (χ4n) is 5.01. The van der Waals surface area contributed by atoms with Crippen molar-refractivity contribution in [2.45, 2.75) is 9.79 Å². The van der Waals surface area contributed by atoms with Crippen LogP contribution in [0.3, 0.4) is 0 Å². The highest BCUT2D eigenvalue weighted by atomic mass is 32.2. The summed E-state index contributed by atoms with van der Waals surface area (Å²) in [5.74, 6) is 0.0853. The number of benzene rings is 6. The molecule has 0 spiro atoms. The third-order valence-corrected chi connectivity index (χ3v) is 8.64. The zero-order chi connectivity index (χ0) is 31.0. The SMILES string of the molecule is [O-][S+](c1cc(-c2ccc(O)cc2)c(O)c(-c2ccc(O)cc2)c1)c1cc(-c2ccc(O)cc2)c(O)c(-c2ccc(O)cc2)c1. The van der Waals surface area contributed by atoms with Crippen molar-refractivity contribution in [1.82, 2.24) is 0 Å². The minimum atomic E-state index is -1.84. The van der Waals surface area contributed by atoms with E-state index in [-0.39, 0.29) is 34.5 Å². The van der Waals surface area contributed by atoms with E-state index in [0.29, 0.717) is 54.3 Å². The van der Waals surface area contributed by atoms with Crippen LogP contribution in [0.5, 0.6) is 34.5 Å². The van der Waals surface area contributed by atoms with Crippen LogP contribution >= 0.6 is 0 Å². The van der Waals surface area contributed by atoms with Crippen molar-refractivity contribution in [3.05, 3.63) is 121 Å². The molecule has 0 unspecified atom stereocenters. The Morgan fingerprint density at radius 3 is 0.750 bits per heavy atom. The first-order valence-corrected chi connectivity index (χ1v) is 14.7. The van der Waals surface area contributed by atoms with Crippen molar-refractivity contribution in [2.24, 2.45) is 0 Å². The Bertz CT molecular complexity index is 1670. The van der Waals surface area contributed by atoms with Gasteiger partial charge in [-0.3, -0.25) is 0 Å². The molecule has 44 heavy (non-hydrogen) atoms. The van der Waals surface area contributed by atoms with Crippen LogP contribution in [-0.2, 0) is 11.2 Å². The highest BCUT2D eigenvalue weighted by Gasteiger charge is 2.25. The Morgan fingerprint density at radius 1 is 0.341 bits per heavy atom. The molecule has 0 saturated carbocycles. The number of hydrogen-bond donors (Lipinski definition) is 6. The summed E-state index contributed by atoms with van der Waals surface area (Å²) in [6.45, 7) is 0. The van der Waals surface area contributed by atoms with Crippen molar-refractivity contribution >= 4 is 11.2 Å². The summed E-state index contributed by atoms with van der Waals surface area (Å²) in [6, 6.07) is 31.6. The average Bonchev–Trinajstić information content (AvgIpc) is 3.03. The Morgan fingerprint density at radius 2 is 0.545 bits per heavy atom. The van der Waals surface area contributed by atoms with E-state index >= 15 is 0 Å². The average molecular weight is 603 g/mol. The van der Waals surface area contributed by atoms with Gasteiger partial charge in [0.25, 0.3) is 0 Å². The second kappa shape index (κ2) is 11.6. The van der Waals surface area contributed by atoms with Gasteiger partial charge in [-0.1, -0.05) is 48.5 Å². The van der Waals surface area contributed by atoms with Crippen molar-refractivity contribution in [3.8, 4) is 79.0 Å². The van der Waals surface area contributed by atoms with E-state index in [0.717, 1.165) is 0 Å². The topological polar surface area (TPSA) is 144 Å². The van der Waals surface area contributed by atoms with Crippen LogP contribution in [0.1, 0.15) is 0 Å². The highest BCUT2D eigenvalue weighted by molar-refractivity contribution is 7.91. The molecule has 0 atom stereocenters. The zero-order valence-electron chi connectivity index (χ0n) is 23.0. The fraction of sp³-hybridized carbons (Fsp3) is 0.